The topological polar surface area (TPSA) is 12.9 Å². The normalized spacial score (nSPS) is 10.5. The Labute approximate surface area is 98.6 Å². The average molecular weight is 235 g/mol. The van der Waals surface area contributed by atoms with Gasteiger partial charge in [-0.1, -0.05) is 36.0 Å². The summed E-state index contributed by atoms with van der Waals surface area (Å²) in [5, 5.41) is 2.10. The number of hydrogen-bond donors (Lipinski definition) is 0. The highest BCUT2D eigenvalue weighted by Crippen LogP contribution is 2.26. The van der Waals surface area contributed by atoms with Crippen LogP contribution in [-0.2, 0) is 5.75 Å². The quantitative estimate of drug-likeness (QED) is 0.744. The molecule has 2 aromatic rings. The molecule has 0 saturated carbocycles. The Morgan fingerprint density at radius 3 is 2.73 bits per heavy atom. The maximum absolute atomic E-state index is 4.44. The zero-order chi connectivity index (χ0) is 10.7. The Balaban J connectivity index is 2.02. The first-order chi connectivity index (χ1) is 7.25. The van der Waals surface area contributed by atoms with Gasteiger partial charge < -0.3 is 0 Å². The van der Waals surface area contributed by atoms with Gasteiger partial charge in [0.2, 0.25) is 0 Å². The van der Waals surface area contributed by atoms with Gasteiger partial charge in [0.15, 0.2) is 0 Å². The lowest BCUT2D eigenvalue weighted by atomic mass is 10.1. The van der Waals surface area contributed by atoms with Gasteiger partial charge in [-0.3, -0.25) is 0 Å². The predicted octanol–water partition coefficient (Wildman–Crippen LogP) is 4.05. The first kappa shape index (κ1) is 10.7. The summed E-state index contributed by atoms with van der Waals surface area (Å²) in [7, 11) is 0. The molecule has 1 aromatic heterocycles. The minimum absolute atomic E-state index is 1.01. The summed E-state index contributed by atoms with van der Waals surface area (Å²) in [6.45, 7) is 4.19. The number of aryl methyl sites for hydroxylation is 2. The third kappa shape index (κ3) is 2.83. The highest BCUT2D eigenvalue weighted by molar-refractivity contribution is 8.00. The molecule has 0 amide bonds. The first-order valence-electron chi connectivity index (χ1n) is 4.85. The van der Waals surface area contributed by atoms with E-state index >= 15 is 0 Å². The lowest BCUT2D eigenvalue weighted by Crippen LogP contribution is -1.84. The second kappa shape index (κ2) is 4.81. The van der Waals surface area contributed by atoms with Crippen molar-refractivity contribution in [3.8, 4) is 0 Å². The fourth-order valence-electron chi connectivity index (χ4n) is 1.31. The molecule has 0 aliphatic rings. The minimum atomic E-state index is 1.01. The molecule has 0 spiro atoms. The Bertz CT molecular complexity index is 448. The van der Waals surface area contributed by atoms with Gasteiger partial charge in [0.25, 0.3) is 0 Å². The second-order valence-electron chi connectivity index (χ2n) is 3.47. The van der Waals surface area contributed by atoms with Gasteiger partial charge in [-0.2, -0.15) is 0 Å². The number of rotatable bonds is 3. The van der Waals surface area contributed by atoms with E-state index in [2.05, 4.69) is 41.6 Å². The predicted molar refractivity (Wildman–Crippen MR) is 67.6 cm³/mol. The van der Waals surface area contributed by atoms with E-state index in [4.69, 9.17) is 0 Å². The molecular formula is C12H13NS2. The molecule has 1 aromatic carbocycles. The molecule has 3 heteroatoms. The molecule has 0 saturated heterocycles. The van der Waals surface area contributed by atoms with E-state index in [9.17, 15) is 0 Å². The molecule has 0 atom stereocenters. The Morgan fingerprint density at radius 1 is 1.27 bits per heavy atom. The zero-order valence-corrected chi connectivity index (χ0v) is 10.5. The molecule has 0 N–H and O–H groups in total. The van der Waals surface area contributed by atoms with Crippen LogP contribution in [0.15, 0.2) is 34.0 Å². The van der Waals surface area contributed by atoms with Crippen LogP contribution < -0.4 is 0 Å². The van der Waals surface area contributed by atoms with Crippen molar-refractivity contribution < 1.29 is 0 Å². The molecule has 0 radical (unpaired) electrons. The standard InChI is InChI=1S/C12H13NS2/c1-9-5-3-4-6-11(9)8-15-12-13-10(2)7-14-12/h3-7H,8H2,1-2H3. The highest BCUT2D eigenvalue weighted by Gasteiger charge is 2.01. The lowest BCUT2D eigenvalue weighted by Gasteiger charge is -2.02. The largest absolute Gasteiger partial charge is 0.235 e. The van der Waals surface area contributed by atoms with Crippen molar-refractivity contribution in [2.75, 3.05) is 0 Å². The Morgan fingerprint density at radius 2 is 2.07 bits per heavy atom. The van der Waals surface area contributed by atoms with Crippen LogP contribution in [0.1, 0.15) is 16.8 Å². The molecule has 78 valence electrons. The van der Waals surface area contributed by atoms with E-state index in [0.717, 1.165) is 15.8 Å². The molecular weight excluding hydrogens is 222 g/mol. The Hall–Kier alpha value is -0.800. The summed E-state index contributed by atoms with van der Waals surface area (Å²) in [5.74, 6) is 1.01. The number of hydrogen-bond acceptors (Lipinski definition) is 3. The lowest BCUT2D eigenvalue weighted by molar-refractivity contribution is 1.16. The fraction of sp³-hybridized carbons (Fsp3) is 0.250. The van der Waals surface area contributed by atoms with Crippen LogP contribution in [0.3, 0.4) is 0 Å². The van der Waals surface area contributed by atoms with Crippen LogP contribution in [0.5, 0.6) is 0 Å². The Kier molecular flexibility index (Phi) is 3.44. The molecule has 15 heavy (non-hydrogen) atoms. The van der Waals surface area contributed by atoms with E-state index in [-0.39, 0.29) is 0 Å². The molecule has 0 aliphatic heterocycles. The van der Waals surface area contributed by atoms with Gasteiger partial charge in [-0.25, -0.2) is 4.98 Å². The van der Waals surface area contributed by atoms with E-state index in [1.807, 2.05) is 18.7 Å². The summed E-state index contributed by atoms with van der Waals surface area (Å²) in [6.07, 6.45) is 0. The van der Waals surface area contributed by atoms with Gasteiger partial charge in [-0.05, 0) is 25.0 Å². The van der Waals surface area contributed by atoms with Gasteiger partial charge in [0, 0.05) is 16.8 Å². The van der Waals surface area contributed by atoms with Crippen LogP contribution in [0.25, 0.3) is 0 Å². The number of aromatic nitrogens is 1. The van der Waals surface area contributed by atoms with Crippen LogP contribution in [0.2, 0.25) is 0 Å². The minimum Gasteiger partial charge on any atom is -0.235 e. The van der Waals surface area contributed by atoms with Gasteiger partial charge in [-0.15, -0.1) is 11.3 Å². The number of thioether (sulfide) groups is 1. The van der Waals surface area contributed by atoms with E-state index in [1.165, 1.54) is 11.1 Å². The summed E-state index contributed by atoms with van der Waals surface area (Å²) in [4.78, 5) is 4.44. The fourth-order valence-corrected chi connectivity index (χ4v) is 3.24. The maximum atomic E-state index is 4.44. The smallest absolute Gasteiger partial charge is 0.150 e. The molecule has 0 fully saturated rings. The maximum Gasteiger partial charge on any atom is 0.150 e. The van der Waals surface area contributed by atoms with Crippen LogP contribution >= 0.6 is 23.1 Å². The van der Waals surface area contributed by atoms with E-state index in [1.54, 1.807) is 11.3 Å². The summed E-state index contributed by atoms with van der Waals surface area (Å²) in [5.41, 5.74) is 3.88. The van der Waals surface area contributed by atoms with Crippen molar-refractivity contribution in [1.29, 1.82) is 0 Å². The number of thiazole rings is 1. The van der Waals surface area contributed by atoms with E-state index < -0.39 is 0 Å². The van der Waals surface area contributed by atoms with Crippen molar-refractivity contribution in [3.63, 3.8) is 0 Å². The molecule has 2 rings (SSSR count). The van der Waals surface area contributed by atoms with Crippen molar-refractivity contribution >= 4 is 23.1 Å². The summed E-state index contributed by atoms with van der Waals surface area (Å²) < 4.78 is 1.16. The van der Waals surface area contributed by atoms with Crippen LogP contribution in [0, 0.1) is 13.8 Å². The third-order valence-electron chi connectivity index (χ3n) is 2.21. The average Bonchev–Trinajstić information content (AvgIpc) is 2.63. The van der Waals surface area contributed by atoms with Crippen molar-refractivity contribution in [3.05, 3.63) is 46.5 Å². The molecule has 0 aliphatic carbocycles. The van der Waals surface area contributed by atoms with Crippen molar-refractivity contribution in [2.45, 2.75) is 23.9 Å². The first-order valence-corrected chi connectivity index (χ1v) is 6.71. The van der Waals surface area contributed by atoms with Crippen LogP contribution in [-0.4, -0.2) is 4.98 Å². The highest BCUT2D eigenvalue weighted by atomic mass is 32.2. The molecule has 1 heterocycles. The molecule has 1 nitrogen and oxygen atoms in total. The van der Waals surface area contributed by atoms with E-state index in [0.29, 0.717) is 0 Å². The van der Waals surface area contributed by atoms with Crippen molar-refractivity contribution in [2.24, 2.45) is 0 Å². The van der Waals surface area contributed by atoms with Gasteiger partial charge in [0.1, 0.15) is 4.34 Å². The number of benzene rings is 1. The second-order valence-corrected chi connectivity index (χ2v) is 5.55. The van der Waals surface area contributed by atoms with Gasteiger partial charge in [0.05, 0.1) is 0 Å². The third-order valence-corrected chi connectivity index (χ3v) is 4.40. The van der Waals surface area contributed by atoms with Gasteiger partial charge >= 0.3 is 0 Å². The van der Waals surface area contributed by atoms with Crippen molar-refractivity contribution in [1.82, 2.24) is 4.98 Å². The van der Waals surface area contributed by atoms with Crippen LogP contribution in [0.4, 0.5) is 0 Å². The summed E-state index contributed by atoms with van der Waals surface area (Å²) in [6, 6.07) is 8.51. The SMILES string of the molecule is Cc1csc(SCc2ccccc2C)n1. The molecule has 0 bridgehead atoms. The molecule has 0 unspecified atom stereocenters. The monoisotopic (exact) mass is 235 g/mol. The number of nitrogens with zero attached hydrogens (tertiary/aromatic N) is 1. The zero-order valence-electron chi connectivity index (χ0n) is 8.86. The summed E-state index contributed by atoms with van der Waals surface area (Å²) >= 11 is 3.54.